The zero-order valence-electron chi connectivity index (χ0n) is 10.9. The second-order valence-corrected chi connectivity index (χ2v) is 4.89. The van der Waals surface area contributed by atoms with Gasteiger partial charge in [-0.2, -0.15) is 0 Å². The minimum absolute atomic E-state index is 0.0923. The zero-order chi connectivity index (χ0) is 13.7. The third-order valence-electron chi connectivity index (χ3n) is 3.00. The monoisotopic (exact) mass is 279 g/mol. The van der Waals surface area contributed by atoms with Crippen molar-refractivity contribution in [1.82, 2.24) is 0 Å². The van der Waals surface area contributed by atoms with Crippen molar-refractivity contribution in [2.24, 2.45) is 5.73 Å². The van der Waals surface area contributed by atoms with E-state index in [-0.39, 0.29) is 12.1 Å². The minimum atomic E-state index is -0.237. The molecule has 2 N–H and O–H groups in total. The molecule has 0 spiro atoms. The van der Waals surface area contributed by atoms with Crippen molar-refractivity contribution in [3.63, 3.8) is 0 Å². The van der Waals surface area contributed by atoms with Crippen LogP contribution in [0.3, 0.4) is 0 Å². The highest BCUT2D eigenvalue weighted by Crippen LogP contribution is 2.24. The van der Waals surface area contributed by atoms with Crippen LogP contribution in [-0.4, -0.2) is 6.04 Å². The Morgan fingerprint density at radius 3 is 2.79 bits per heavy atom. The molecule has 2 atom stereocenters. The number of benzene rings is 1. The highest BCUT2D eigenvalue weighted by atomic mass is 35.5. The second kappa shape index (κ2) is 6.75. The molecule has 1 heterocycles. The molecule has 0 aliphatic rings. The Labute approximate surface area is 118 Å². The van der Waals surface area contributed by atoms with Crippen LogP contribution in [0.15, 0.2) is 47.1 Å². The fourth-order valence-electron chi connectivity index (χ4n) is 1.90. The van der Waals surface area contributed by atoms with Gasteiger partial charge in [0, 0.05) is 11.1 Å². The summed E-state index contributed by atoms with van der Waals surface area (Å²) in [5.41, 5.74) is 7.11. The number of rotatable bonds is 6. The molecule has 102 valence electrons. The number of ether oxygens (including phenoxy) is 1. The average molecular weight is 280 g/mol. The van der Waals surface area contributed by atoms with Crippen LogP contribution in [0.2, 0.25) is 5.02 Å². The van der Waals surface area contributed by atoms with Crippen LogP contribution >= 0.6 is 11.6 Å². The molecule has 4 heteroatoms. The lowest BCUT2D eigenvalue weighted by Gasteiger charge is -2.21. The first kappa shape index (κ1) is 14.1. The Kier molecular flexibility index (Phi) is 5.02. The molecule has 3 nitrogen and oxygen atoms in total. The molecule has 0 aliphatic heterocycles. The SMILES string of the molecule is CCC(N)C(OCc1cccc(Cl)c1)c1ccco1. The summed E-state index contributed by atoms with van der Waals surface area (Å²) in [6.07, 6.45) is 2.22. The van der Waals surface area contributed by atoms with Crippen molar-refractivity contribution < 1.29 is 9.15 Å². The summed E-state index contributed by atoms with van der Waals surface area (Å²) < 4.78 is 11.3. The summed E-state index contributed by atoms with van der Waals surface area (Å²) in [6, 6.07) is 11.2. The maximum Gasteiger partial charge on any atom is 0.134 e. The van der Waals surface area contributed by atoms with Crippen molar-refractivity contribution >= 4 is 11.6 Å². The van der Waals surface area contributed by atoms with Gasteiger partial charge in [0.1, 0.15) is 11.9 Å². The van der Waals surface area contributed by atoms with E-state index < -0.39 is 0 Å². The summed E-state index contributed by atoms with van der Waals surface area (Å²) in [5.74, 6) is 0.761. The molecule has 1 aromatic carbocycles. The first-order chi connectivity index (χ1) is 9.20. The number of nitrogens with two attached hydrogens (primary N) is 1. The van der Waals surface area contributed by atoms with E-state index in [1.807, 2.05) is 43.3 Å². The smallest absolute Gasteiger partial charge is 0.134 e. The third kappa shape index (κ3) is 3.83. The Hall–Kier alpha value is -1.29. The fraction of sp³-hybridized carbons (Fsp3) is 0.333. The average Bonchev–Trinajstić information content (AvgIpc) is 2.92. The molecule has 2 unspecified atom stereocenters. The number of hydrogen-bond acceptors (Lipinski definition) is 3. The van der Waals surface area contributed by atoms with Gasteiger partial charge in [0.25, 0.3) is 0 Å². The number of hydrogen-bond donors (Lipinski definition) is 1. The van der Waals surface area contributed by atoms with Crippen molar-refractivity contribution in [2.75, 3.05) is 0 Å². The molecule has 0 saturated carbocycles. The topological polar surface area (TPSA) is 48.4 Å². The van der Waals surface area contributed by atoms with Crippen LogP contribution in [0.5, 0.6) is 0 Å². The maximum atomic E-state index is 6.09. The number of furan rings is 1. The van der Waals surface area contributed by atoms with E-state index >= 15 is 0 Å². The van der Waals surface area contributed by atoms with E-state index in [4.69, 9.17) is 26.5 Å². The highest BCUT2D eigenvalue weighted by molar-refractivity contribution is 6.30. The van der Waals surface area contributed by atoms with Gasteiger partial charge in [0.15, 0.2) is 0 Å². The molecule has 0 saturated heterocycles. The summed E-state index contributed by atoms with van der Waals surface area (Å²) in [7, 11) is 0. The van der Waals surface area contributed by atoms with Crippen molar-refractivity contribution in [2.45, 2.75) is 32.1 Å². The van der Waals surface area contributed by atoms with Gasteiger partial charge in [0.05, 0.1) is 12.9 Å². The van der Waals surface area contributed by atoms with Crippen LogP contribution in [0, 0.1) is 0 Å². The molecular formula is C15H18ClNO2. The molecule has 0 bridgehead atoms. The van der Waals surface area contributed by atoms with Crippen molar-refractivity contribution in [1.29, 1.82) is 0 Å². The molecule has 1 aromatic heterocycles. The largest absolute Gasteiger partial charge is 0.467 e. The van der Waals surface area contributed by atoms with Crippen LogP contribution < -0.4 is 5.73 Å². The standard InChI is InChI=1S/C15H18ClNO2/c1-2-13(17)15(14-7-4-8-18-14)19-10-11-5-3-6-12(16)9-11/h3-9,13,15H,2,10,17H2,1H3. The Bertz CT molecular complexity index is 499. The van der Waals surface area contributed by atoms with E-state index in [0.29, 0.717) is 11.6 Å². The number of halogens is 1. The third-order valence-corrected chi connectivity index (χ3v) is 3.24. The van der Waals surface area contributed by atoms with Crippen LogP contribution in [0.1, 0.15) is 30.8 Å². The molecule has 2 aromatic rings. The van der Waals surface area contributed by atoms with Gasteiger partial charge < -0.3 is 14.9 Å². The summed E-state index contributed by atoms with van der Waals surface area (Å²) >= 11 is 5.95. The Balaban J connectivity index is 2.05. The van der Waals surface area contributed by atoms with Gasteiger partial charge in [-0.1, -0.05) is 30.7 Å². The molecule has 19 heavy (non-hydrogen) atoms. The minimum Gasteiger partial charge on any atom is -0.467 e. The van der Waals surface area contributed by atoms with E-state index in [1.54, 1.807) is 6.26 Å². The Morgan fingerprint density at radius 1 is 1.32 bits per heavy atom. The lowest BCUT2D eigenvalue weighted by atomic mass is 10.1. The van der Waals surface area contributed by atoms with E-state index in [1.165, 1.54) is 0 Å². The Morgan fingerprint density at radius 2 is 2.16 bits per heavy atom. The first-order valence-corrected chi connectivity index (χ1v) is 6.73. The molecule has 0 amide bonds. The van der Waals surface area contributed by atoms with Crippen LogP contribution in [-0.2, 0) is 11.3 Å². The normalized spacial score (nSPS) is 14.3. The zero-order valence-corrected chi connectivity index (χ0v) is 11.6. The molecule has 2 rings (SSSR count). The lowest BCUT2D eigenvalue weighted by Crippen LogP contribution is -2.29. The molecular weight excluding hydrogens is 262 g/mol. The highest BCUT2D eigenvalue weighted by Gasteiger charge is 2.21. The van der Waals surface area contributed by atoms with Crippen LogP contribution in [0.25, 0.3) is 0 Å². The predicted octanol–water partition coefficient (Wildman–Crippen LogP) is 3.93. The lowest BCUT2D eigenvalue weighted by molar-refractivity contribution is 0.00748. The van der Waals surface area contributed by atoms with Crippen molar-refractivity contribution in [3.8, 4) is 0 Å². The van der Waals surface area contributed by atoms with Gasteiger partial charge >= 0.3 is 0 Å². The predicted molar refractivity (Wildman–Crippen MR) is 76.0 cm³/mol. The van der Waals surface area contributed by atoms with E-state index in [2.05, 4.69) is 0 Å². The molecule has 0 radical (unpaired) electrons. The molecule has 0 fully saturated rings. The van der Waals surface area contributed by atoms with E-state index in [9.17, 15) is 0 Å². The van der Waals surface area contributed by atoms with Gasteiger partial charge in [0.2, 0.25) is 0 Å². The summed E-state index contributed by atoms with van der Waals surface area (Å²) in [5, 5.41) is 0.704. The fourth-order valence-corrected chi connectivity index (χ4v) is 2.11. The van der Waals surface area contributed by atoms with Gasteiger partial charge in [-0.05, 0) is 36.2 Å². The maximum absolute atomic E-state index is 6.09. The summed E-state index contributed by atoms with van der Waals surface area (Å²) in [6.45, 7) is 2.49. The van der Waals surface area contributed by atoms with Gasteiger partial charge in [-0.25, -0.2) is 0 Å². The second-order valence-electron chi connectivity index (χ2n) is 4.45. The van der Waals surface area contributed by atoms with Gasteiger partial charge in [-0.3, -0.25) is 0 Å². The van der Waals surface area contributed by atoms with E-state index in [0.717, 1.165) is 17.7 Å². The van der Waals surface area contributed by atoms with Crippen LogP contribution in [0.4, 0.5) is 0 Å². The molecule has 0 aliphatic carbocycles. The summed E-state index contributed by atoms with van der Waals surface area (Å²) in [4.78, 5) is 0. The van der Waals surface area contributed by atoms with Gasteiger partial charge in [-0.15, -0.1) is 0 Å². The van der Waals surface area contributed by atoms with Crippen molar-refractivity contribution in [3.05, 3.63) is 59.0 Å². The quantitative estimate of drug-likeness (QED) is 0.871. The first-order valence-electron chi connectivity index (χ1n) is 6.35.